The number of Topliss-reactive ketones (excluding diaryl/α,β-unsaturated/α-hetero) is 1. The minimum Gasteiger partial charge on any atom is -0.295 e. The Hall–Kier alpha value is -3.33. The minimum absolute atomic E-state index is 0.140. The summed E-state index contributed by atoms with van der Waals surface area (Å²) in [5.41, 5.74) is 2.05. The number of carbonyl (C=O) groups excluding carboxylic acids is 2. The van der Waals surface area contributed by atoms with Crippen molar-refractivity contribution in [2.75, 3.05) is 0 Å². The van der Waals surface area contributed by atoms with Crippen molar-refractivity contribution in [3.05, 3.63) is 71.3 Å². The van der Waals surface area contributed by atoms with Gasteiger partial charge >= 0.3 is 5.91 Å². The van der Waals surface area contributed by atoms with Gasteiger partial charge in [-0.05, 0) is 50.1 Å². The number of nitrogens with one attached hydrogen (secondary N) is 1. The Balaban J connectivity index is 1.89. The molecule has 1 aromatic heterocycles. The molecule has 0 aliphatic carbocycles. The van der Waals surface area contributed by atoms with Crippen molar-refractivity contribution in [2.45, 2.75) is 25.7 Å². The highest BCUT2D eigenvalue weighted by Crippen LogP contribution is 2.21. The fourth-order valence-electron chi connectivity index (χ4n) is 2.80. The van der Waals surface area contributed by atoms with Crippen LogP contribution in [0.3, 0.4) is 0 Å². The van der Waals surface area contributed by atoms with Gasteiger partial charge in [-0.25, -0.2) is 22.8 Å². The fourth-order valence-corrected chi connectivity index (χ4v) is 4.00. The molecule has 0 saturated carbocycles. The van der Waals surface area contributed by atoms with Crippen molar-refractivity contribution in [2.24, 2.45) is 0 Å². The second-order valence-corrected chi connectivity index (χ2v) is 7.92. The van der Waals surface area contributed by atoms with E-state index in [2.05, 4.69) is 10.1 Å². The van der Waals surface area contributed by atoms with Crippen molar-refractivity contribution < 1.29 is 18.0 Å². The van der Waals surface area contributed by atoms with Crippen LogP contribution in [0.5, 0.6) is 0 Å². The van der Waals surface area contributed by atoms with Gasteiger partial charge in [0.2, 0.25) is 5.82 Å². The molecule has 0 atom stereocenters. The summed E-state index contributed by atoms with van der Waals surface area (Å²) in [4.78, 5) is 27.8. The second kappa shape index (κ2) is 7.35. The third kappa shape index (κ3) is 3.84. The number of nitrogens with zero attached hydrogens (tertiary/aromatic N) is 3. The number of rotatable bonds is 5. The molecule has 1 heterocycles. The van der Waals surface area contributed by atoms with Crippen molar-refractivity contribution in [3.8, 4) is 5.69 Å². The number of hydrogen-bond donors (Lipinski definition) is 1. The number of para-hydroxylation sites is 1. The average Bonchev–Trinajstić information content (AvgIpc) is 3.12. The second-order valence-electron chi connectivity index (χ2n) is 6.27. The van der Waals surface area contributed by atoms with Gasteiger partial charge in [0.15, 0.2) is 5.78 Å². The Morgan fingerprint density at radius 3 is 2.36 bits per heavy atom. The average molecular weight is 398 g/mol. The Kier molecular flexibility index (Phi) is 5.10. The van der Waals surface area contributed by atoms with Crippen LogP contribution in [0.4, 0.5) is 0 Å². The van der Waals surface area contributed by atoms with Crippen LogP contribution in [-0.4, -0.2) is 34.9 Å². The lowest BCUT2D eigenvalue weighted by atomic mass is 10.0. The lowest BCUT2D eigenvalue weighted by Gasteiger charge is -2.11. The molecule has 3 rings (SSSR count). The standard InChI is InChI=1S/C19H18N4O4S/c1-12-9-13(2)17(10-16(12)14(3)24)28(26,27)22-19(25)18-20-11-23(21-18)15-7-5-4-6-8-15/h4-11H,1-3H3,(H,22,25). The van der Waals surface area contributed by atoms with Crippen LogP contribution in [0.1, 0.15) is 39.0 Å². The predicted octanol–water partition coefficient (Wildman–Crippen LogP) is 2.21. The van der Waals surface area contributed by atoms with Gasteiger partial charge in [-0.15, -0.1) is 5.10 Å². The van der Waals surface area contributed by atoms with E-state index in [9.17, 15) is 18.0 Å². The summed E-state index contributed by atoms with van der Waals surface area (Å²) in [7, 11) is -4.21. The van der Waals surface area contributed by atoms with Crippen LogP contribution in [0.15, 0.2) is 53.7 Å². The summed E-state index contributed by atoms with van der Waals surface area (Å²) >= 11 is 0. The van der Waals surface area contributed by atoms with Gasteiger partial charge in [0.1, 0.15) is 6.33 Å². The van der Waals surface area contributed by atoms with Crippen molar-refractivity contribution in [3.63, 3.8) is 0 Å². The maximum Gasteiger partial charge on any atom is 0.304 e. The predicted molar refractivity (Wildman–Crippen MR) is 102 cm³/mol. The highest BCUT2D eigenvalue weighted by Gasteiger charge is 2.24. The van der Waals surface area contributed by atoms with Gasteiger partial charge in [0.05, 0.1) is 10.6 Å². The number of amides is 1. The van der Waals surface area contributed by atoms with Gasteiger partial charge in [0.25, 0.3) is 10.0 Å². The van der Waals surface area contributed by atoms with Gasteiger partial charge in [0, 0.05) is 5.56 Å². The first-order valence-corrected chi connectivity index (χ1v) is 9.84. The summed E-state index contributed by atoms with van der Waals surface area (Å²) in [5, 5.41) is 4.02. The lowest BCUT2D eigenvalue weighted by Crippen LogP contribution is -2.32. The molecule has 0 fully saturated rings. The summed E-state index contributed by atoms with van der Waals surface area (Å²) in [6.07, 6.45) is 1.32. The van der Waals surface area contributed by atoms with E-state index < -0.39 is 15.9 Å². The van der Waals surface area contributed by atoms with Gasteiger partial charge in [-0.1, -0.05) is 24.3 Å². The Morgan fingerprint density at radius 2 is 1.71 bits per heavy atom. The van der Waals surface area contributed by atoms with E-state index in [0.29, 0.717) is 16.8 Å². The Labute approximate surface area is 162 Å². The van der Waals surface area contributed by atoms with E-state index in [1.807, 2.05) is 10.8 Å². The smallest absolute Gasteiger partial charge is 0.295 e. The molecule has 8 nitrogen and oxygen atoms in total. The summed E-state index contributed by atoms with van der Waals surface area (Å²) < 4.78 is 28.7. The Bertz CT molecular complexity index is 1170. The highest BCUT2D eigenvalue weighted by molar-refractivity contribution is 7.90. The summed E-state index contributed by atoms with van der Waals surface area (Å²) in [5.74, 6) is -1.51. The van der Waals surface area contributed by atoms with E-state index in [1.165, 1.54) is 24.0 Å². The number of hydrogen-bond acceptors (Lipinski definition) is 6. The number of benzene rings is 2. The molecule has 9 heteroatoms. The first-order chi connectivity index (χ1) is 13.2. The molecule has 0 saturated heterocycles. The molecule has 0 aliphatic rings. The highest BCUT2D eigenvalue weighted by atomic mass is 32.2. The van der Waals surface area contributed by atoms with E-state index in [-0.39, 0.29) is 22.1 Å². The number of aromatic nitrogens is 3. The van der Waals surface area contributed by atoms with Crippen LogP contribution in [0.2, 0.25) is 0 Å². The van der Waals surface area contributed by atoms with Crippen LogP contribution in [0, 0.1) is 13.8 Å². The Morgan fingerprint density at radius 1 is 1.04 bits per heavy atom. The van der Waals surface area contributed by atoms with E-state index >= 15 is 0 Å². The third-order valence-electron chi connectivity index (χ3n) is 4.13. The molecule has 2 aromatic carbocycles. The maximum absolute atomic E-state index is 12.7. The number of ketones is 1. The van der Waals surface area contributed by atoms with Gasteiger partial charge in [-0.3, -0.25) is 9.59 Å². The first kappa shape index (κ1) is 19.4. The topological polar surface area (TPSA) is 111 Å². The van der Waals surface area contributed by atoms with E-state index in [0.717, 1.165) is 0 Å². The van der Waals surface area contributed by atoms with Crippen molar-refractivity contribution >= 4 is 21.7 Å². The zero-order chi connectivity index (χ0) is 20.5. The van der Waals surface area contributed by atoms with Crippen molar-refractivity contribution in [1.82, 2.24) is 19.5 Å². The van der Waals surface area contributed by atoms with Gasteiger partial charge in [-0.2, -0.15) is 0 Å². The quantitative estimate of drug-likeness (QED) is 0.660. The zero-order valence-corrected chi connectivity index (χ0v) is 16.3. The zero-order valence-electron chi connectivity index (χ0n) is 15.5. The summed E-state index contributed by atoms with van der Waals surface area (Å²) in [6, 6.07) is 11.8. The maximum atomic E-state index is 12.7. The molecule has 0 bridgehead atoms. The number of sulfonamides is 1. The molecule has 0 aliphatic heterocycles. The fraction of sp³-hybridized carbons (Fsp3) is 0.158. The van der Waals surface area contributed by atoms with Gasteiger partial charge < -0.3 is 0 Å². The van der Waals surface area contributed by atoms with E-state index in [1.54, 1.807) is 44.2 Å². The van der Waals surface area contributed by atoms with Crippen LogP contribution in [0.25, 0.3) is 5.69 Å². The van der Waals surface area contributed by atoms with Crippen LogP contribution in [-0.2, 0) is 10.0 Å². The molecule has 0 radical (unpaired) electrons. The molecule has 1 amide bonds. The van der Waals surface area contributed by atoms with Crippen molar-refractivity contribution in [1.29, 1.82) is 0 Å². The molecular weight excluding hydrogens is 380 g/mol. The molecule has 0 spiro atoms. The largest absolute Gasteiger partial charge is 0.304 e. The van der Waals surface area contributed by atoms with Crippen LogP contribution >= 0.6 is 0 Å². The monoisotopic (exact) mass is 398 g/mol. The number of carbonyl (C=O) groups is 2. The van der Waals surface area contributed by atoms with Crippen LogP contribution < -0.4 is 4.72 Å². The molecule has 3 aromatic rings. The molecular formula is C19H18N4O4S. The third-order valence-corrected chi connectivity index (χ3v) is 5.61. The normalized spacial score (nSPS) is 11.2. The molecule has 0 unspecified atom stereocenters. The minimum atomic E-state index is -4.21. The number of aryl methyl sites for hydroxylation is 2. The lowest BCUT2D eigenvalue weighted by molar-refractivity contribution is 0.0970. The molecule has 1 N–H and O–H groups in total. The van der Waals surface area contributed by atoms with E-state index in [4.69, 9.17) is 0 Å². The molecule has 144 valence electrons. The SMILES string of the molecule is CC(=O)c1cc(S(=O)(=O)NC(=O)c2ncn(-c3ccccc3)n2)c(C)cc1C. The summed E-state index contributed by atoms with van der Waals surface area (Å²) in [6.45, 7) is 4.67. The molecule has 28 heavy (non-hydrogen) atoms. The first-order valence-electron chi connectivity index (χ1n) is 8.35.